The molecule has 0 aromatic heterocycles. The van der Waals surface area contributed by atoms with E-state index >= 15 is 0 Å². The average molecular weight is 366 g/mol. The topological polar surface area (TPSA) is 97.5 Å². The number of aryl methyl sites for hydroxylation is 1. The van der Waals surface area contributed by atoms with Crippen molar-refractivity contribution in [3.8, 4) is 0 Å². The van der Waals surface area contributed by atoms with E-state index in [1.807, 2.05) is 6.92 Å². The summed E-state index contributed by atoms with van der Waals surface area (Å²) < 4.78 is 50.3. The number of sulfonamides is 2. The third-order valence-corrected chi connectivity index (χ3v) is 6.96. The molecule has 2 aromatic carbocycles. The third-order valence-electron chi connectivity index (χ3n) is 4.11. The molecular weight excluding hydrogens is 348 g/mol. The number of benzene rings is 2. The lowest BCUT2D eigenvalue weighted by Gasteiger charge is -2.24. The molecule has 0 saturated carbocycles. The van der Waals surface area contributed by atoms with Gasteiger partial charge >= 0.3 is 0 Å². The number of rotatable bonds is 3. The lowest BCUT2D eigenvalue weighted by atomic mass is 10.1. The summed E-state index contributed by atoms with van der Waals surface area (Å²) in [6, 6.07) is 10.6. The molecule has 0 aliphatic carbocycles. The highest BCUT2D eigenvalue weighted by atomic mass is 32.2. The molecule has 3 rings (SSSR count). The van der Waals surface area contributed by atoms with Crippen molar-refractivity contribution in [2.45, 2.75) is 36.1 Å². The van der Waals surface area contributed by atoms with Crippen LogP contribution in [0.15, 0.2) is 52.3 Å². The van der Waals surface area contributed by atoms with Crippen LogP contribution in [0.3, 0.4) is 0 Å². The molecule has 1 atom stereocenters. The molecule has 24 heavy (non-hydrogen) atoms. The quantitative estimate of drug-likeness (QED) is 0.895. The van der Waals surface area contributed by atoms with E-state index in [1.165, 1.54) is 22.5 Å². The largest absolute Gasteiger partial charge is 0.264 e. The molecule has 6 nitrogen and oxygen atoms in total. The van der Waals surface area contributed by atoms with Crippen LogP contribution >= 0.6 is 0 Å². The van der Waals surface area contributed by atoms with E-state index in [4.69, 9.17) is 5.14 Å². The monoisotopic (exact) mass is 366 g/mol. The summed E-state index contributed by atoms with van der Waals surface area (Å²) in [6.07, 6.45) is 0.434. The van der Waals surface area contributed by atoms with Crippen LogP contribution in [0.4, 0.5) is 5.69 Å². The number of fused-ring (bicyclic) bond motifs is 1. The molecule has 0 saturated heterocycles. The standard InChI is InChI=1S/C16H18N2O4S2/c1-11-3-5-14(6-4-11)24(21,22)18-12(2)9-13-10-15(23(17,19)20)7-8-16(13)18/h3-8,10,12H,9H2,1-2H3,(H2,17,19,20)/t12-/m0/s1. The first-order valence-corrected chi connectivity index (χ1v) is 10.4. The molecule has 0 radical (unpaired) electrons. The van der Waals surface area contributed by atoms with E-state index in [9.17, 15) is 16.8 Å². The fourth-order valence-corrected chi connectivity index (χ4v) is 5.20. The van der Waals surface area contributed by atoms with Gasteiger partial charge in [-0.3, -0.25) is 4.31 Å². The van der Waals surface area contributed by atoms with E-state index in [1.54, 1.807) is 31.2 Å². The van der Waals surface area contributed by atoms with Gasteiger partial charge in [-0.05, 0) is 56.2 Å². The number of primary sulfonamides is 1. The Morgan fingerprint density at radius 1 is 1.00 bits per heavy atom. The number of hydrogen-bond acceptors (Lipinski definition) is 4. The van der Waals surface area contributed by atoms with Gasteiger partial charge in [0, 0.05) is 6.04 Å². The van der Waals surface area contributed by atoms with E-state index < -0.39 is 20.0 Å². The van der Waals surface area contributed by atoms with Crippen molar-refractivity contribution in [3.63, 3.8) is 0 Å². The highest BCUT2D eigenvalue weighted by Gasteiger charge is 2.36. The minimum absolute atomic E-state index is 0.0111. The van der Waals surface area contributed by atoms with Crippen molar-refractivity contribution in [1.29, 1.82) is 0 Å². The Kier molecular flexibility index (Phi) is 3.94. The van der Waals surface area contributed by atoms with Crippen LogP contribution in [0, 0.1) is 6.92 Å². The summed E-state index contributed by atoms with van der Waals surface area (Å²) >= 11 is 0. The van der Waals surface area contributed by atoms with Gasteiger partial charge in [0.15, 0.2) is 0 Å². The van der Waals surface area contributed by atoms with Crippen LogP contribution < -0.4 is 9.44 Å². The van der Waals surface area contributed by atoms with Crippen LogP contribution in [0.2, 0.25) is 0 Å². The van der Waals surface area contributed by atoms with Gasteiger partial charge in [-0.2, -0.15) is 0 Å². The molecule has 2 aromatic rings. The SMILES string of the molecule is Cc1ccc(S(=O)(=O)N2c3ccc(S(N)(=O)=O)cc3C[C@@H]2C)cc1. The third kappa shape index (κ3) is 2.81. The second kappa shape index (κ2) is 5.58. The smallest absolute Gasteiger partial charge is 0.263 e. The Balaban J connectivity index is 2.10. The lowest BCUT2D eigenvalue weighted by Crippen LogP contribution is -2.35. The molecular formula is C16H18N2O4S2. The van der Waals surface area contributed by atoms with Crippen LogP contribution in [-0.4, -0.2) is 22.9 Å². The number of nitrogens with zero attached hydrogens (tertiary/aromatic N) is 1. The molecule has 1 aliphatic rings. The molecule has 128 valence electrons. The molecule has 2 N–H and O–H groups in total. The van der Waals surface area contributed by atoms with Gasteiger partial charge in [-0.25, -0.2) is 22.0 Å². The summed E-state index contributed by atoms with van der Waals surface area (Å²) in [7, 11) is -7.53. The van der Waals surface area contributed by atoms with Crippen LogP contribution in [0.1, 0.15) is 18.1 Å². The summed E-state index contributed by atoms with van der Waals surface area (Å²) in [5.41, 5.74) is 2.13. The van der Waals surface area contributed by atoms with Crippen molar-refractivity contribution < 1.29 is 16.8 Å². The second-order valence-corrected chi connectivity index (χ2v) is 9.38. The Labute approximate surface area is 142 Å². The predicted molar refractivity (Wildman–Crippen MR) is 91.8 cm³/mol. The average Bonchev–Trinajstić information content (AvgIpc) is 2.82. The molecule has 0 fully saturated rings. The highest BCUT2D eigenvalue weighted by molar-refractivity contribution is 7.93. The van der Waals surface area contributed by atoms with Crippen LogP contribution in [-0.2, 0) is 26.5 Å². The fraction of sp³-hybridized carbons (Fsp3) is 0.250. The molecule has 0 unspecified atom stereocenters. The summed E-state index contributed by atoms with van der Waals surface area (Å²) in [5, 5.41) is 5.15. The van der Waals surface area contributed by atoms with E-state index in [0.717, 1.165) is 5.56 Å². The predicted octanol–water partition coefficient (Wildman–Crippen LogP) is 1.78. The summed E-state index contributed by atoms with van der Waals surface area (Å²) in [6.45, 7) is 3.68. The molecule has 0 amide bonds. The first-order chi connectivity index (χ1) is 11.1. The zero-order valence-corrected chi connectivity index (χ0v) is 14.9. The molecule has 1 aliphatic heterocycles. The number of nitrogens with two attached hydrogens (primary N) is 1. The van der Waals surface area contributed by atoms with Crippen molar-refractivity contribution in [1.82, 2.24) is 0 Å². The Morgan fingerprint density at radius 2 is 1.58 bits per heavy atom. The Hall–Kier alpha value is -1.90. The van der Waals surface area contributed by atoms with E-state index in [-0.39, 0.29) is 15.8 Å². The maximum atomic E-state index is 13.0. The van der Waals surface area contributed by atoms with E-state index in [0.29, 0.717) is 17.7 Å². The molecule has 0 bridgehead atoms. The van der Waals surface area contributed by atoms with Gasteiger partial charge < -0.3 is 0 Å². The molecule has 1 heterocycles. The molecule has 8 heteroatoms. The Bertz CT molecular complexity index is 997. The number of hydrogen-bond donors (Lipinski definition) is 1. The van der Waals surface area contributed by atoms with E-state index in [2.05, 4.69) is 0 Å². The zero-order valence-electron chi connectivity index (χ0n) is 13.3. The highest BCUT2D eigenvalue weighted by Crippen LogP contribution is 2.37. The summed E-state index contributed by atoms with van der Waals surface area (Å²) in [4.78, 5) is 0.200. The zero-order chi connectivity index (χ0) is 17.7. The Morgan fingerprint density at radius 3 is 2.17 bits per heavy atom. The number of anilines is 1. The summed E-state index contributed by atoms with van der Waals surface area (Å²) in [5.74, 6) is 0. The van der Waals surface area contributed by atoms with Gasteiger partial charge in [0.05, 0.1) is 15.5 Å². The van der Waals surface area contributed by atoms with Gasteiger partial charge in [0.25, 0.3) is 10.0 Å². The van der Waals surface area contributed by atoms with Gasteiger partial charge in [-0.15, -0.1) is 0 Å². The van der Waals surface area contributed by atoms with Gasteiger partial charge in [-0.1, -0.05) is 17.7 Å². The van der Waals surface area contributed by atoms with Crippen LogP contribution in [0.5, 0.6) is 0 Å². The minimum Gasteiger partial charge on any atom is -0.263 e. The maximum Gasteiger partial charge on any atom is 0.264 e. The second-order valence-electron chi connectivity index (χ2n) is 6.00. The minimum atomic E-state index is -3.82. The van der Waals surface area contributed by atoms with Crippen molar-refractivity contribution >= 4 is 25.7 Å². The first-order valence-electron chi connectivity index (χ1n) is 7.37. The van der Waals surface area contributed by atoms with Crippen molar-refractivity contribution in [2.75, 3.05) is 4.31 Å². The lowest BCUT2D eigenvalue weighted by molar-refractivity contribution is 0.584. The van der Waals surface area contributed by atoms with Crippen molar-refractivity contribution in [3.05, 3.63) is 53.6 Å². The maximum absolute atomic E-state index is 13.0. The fourth-order valence-electron chi connectivity index (χ4n) is 2.95. The first kappa shape index (κ1) is 16.9. The van der Waals surface area contributed by atoms with Gasteiger partial charge in [0.2, 0.25) is 10.0 Å². The molecule has 0 spiro atoms. The van der Waals surface area contributed by atoms with Crippen LogP contribution in [0.25, 0.3) is 0 Å². The van der Waals surface area contributed by atoms with Crippen molar-refractivity contribution in [2.24, 2.45) is 5.14 Å². The van der Waals surface area contributed by atoms with Gasteiger partial charge in [0.1, 0.15) is 0 Å². The normalized spacial score (nSPS) is 17.8.